The van der Waals surface area contributed by atoms with Crippen molar-refractivity contribution < 1.29 is 68.4 Å². The van der Waals surface area contributed by atoms with E-state index in [1.807, 2.05) is 0 Å². The smallest absolute Gasteiger partial charge is 0.256 e. The zero-order valence-corrected chi connectivity index (χ0v) is 21.2. The summed E-state index contributed by atoms with van der Waals surface area (Å²) in [6.45, 7) is 1.41. The van der Waals surface area contributed by atoms with Crippen molar-refractivity contribution in [3.63, 3.8) is 0 Å². The first-order chi connectivity index (χ1) is 15.1. The van der Waals surface area contributed by atoms with Crippen LogP contribution in [0.5, 0.6) is 5.75 Å². The first kappa shape index (κ1) is 26.1. The Morgan fingerprint density at radius 1 is 1.12 bits per heavy atom. The van der Waals surface area contributed by atoms with Crippen molar-refractivity contribution in [2.75, 3.05) is 21.1 Å². The van der Waals surface area contributed by atoms with Crippen LogP contribution >= 0.6 is 0 Å². The van der Waals surface area contributed by atoms with E-state index in [4.69, 9.17) is 5.73 Å². The highest BCUT2D eigenvalue weighted by atomic mass is 127. The minimum atomic E-state index is -2.74. The second-order valence-corrected chi connectivity index (χ2v) is 10.1. The van der Waals surface area contributed by atoms with E-state index in [1.165, 1.54) is 25.1 Å². The van der Waals surface area contributed by atoms with E-state index in [-0.39, 0.29) is 46.0 Å². The summed E-state index contributed by atoms with van der Waals surface area (Å²) in [5.74, 6) is -7.81. The molecule has 1 aromatic carbocycles. The molecule has 1 aromatic rings. The second-order valence-electron chi connectivity index (χ2n) is 10.1. The number of carbonyl (C=O) groups excluding carboxylic acids is 3. The van der Waals surface area contributed by atoms with Crippen LogP contribution in [0.15, 0.2) is 35.1 Å². The second kappa shape index (κ2) is 7.77. The van der Waals surface area contributed by atoms with Gasteiger partial charge < -0.3 is 59.7 Å². The van der Waals surface area contributed by atoms with Gasteiger partial charge in [0.25, 0.3) is 5.91 Å². The number of hydrogen-bond donors (Lipinski definition) is 6. The summed E-state index contributed by atoms with van der Waals surface area (Å²) in [6.07, 6.45) is -0.189. The van der Waals surface area contributed by atoms with Gasteiger partial charge in [-0.3, -0.25) is 14.4 Å². The molecule has 34 heavy (non-hydrogen) atoms. The number of phenols is 1. The van der Waals surface area contributed by atoms with Gasteiger partial charge in [0.05, 0.1) is 38.2 Å². The number of ketones is 2. The Morgan fingerprint density at radius 2 is 1.71 bits per heavy atom. The Hall–Kier alpha value is -2.48. The van der Waals surface area contributed by atoms with E-state index >= 15 is 0 Å². The third-order valence-electron chi connectivity index (χ3n) is 7.30. The summed E-state index contributed by atoms with van der Waals surface area (Å²) in [5.41, 5.74) is -0.460. The van der Waals surface area contributed by atoms with Crippen molar-refractivity contribution in [2.24, 2.45) is 17.6 Å². The van der Waals surface area contributed by atoms with Crippen LogP contribution in [0, 0.1) is 11.8 Å². The number of carbonyl (C=O) groups is 3. The summed E-state index contributed by atoms with van der Waals surface area (Å²) < 4.78 is -0.111. The lowest BCUT2D eigenvalue weighted by Crippen LogP contribution is -3.00. The summed E-state index contributed by atoms with van der Waals surface area (Å²) in [6, 6.07) is 3.09. The number of Topliss-reactive ketones (excluding diaryl/α,β-unsaturated/α-hetero) is 2. The number of halogens is 1. The number of primary amides is 1. The fourth-order valence-electron chi connectivity index (χ4n) is 5.80. The van der Waals surface area contributed by atoms with Crippen molar-refractivity contribution in [2.45, 2.75) is 30.6 Å². The standard InChI is InChI=1S/C23H26N2O8.HI/c1-22(32)9-6-5-7-12(26)13(9)17(27)14-10(22)8-11-16(25(2,3)4)18(28)15(21(24)31)20(30)23(11,33)19(14)29;/h5-7,10-11,16,32-33H,8H2,1-4H3,(H4-,24,26,27,28,29,30,31);1H. The van der Waals surface area contributed by atoms with Gasteiger partial charge in [-0.2, -0.15) is 0 Å². The summed E-state index contributed by atoms with van der Waals surface area (Å²) in [4.78, 5) is 39.1. The molecule has 5 atom stereocenters. The van der Waals surface area contributed by atoms with Crippen LogP contribution in [0.3, 0.4) is 0 Å². The molecule has 11 heteroatoms. The molecular weight excluding hydrogens is 559 g/mol. The van der Waals surface area contributed by atoms with Crippen LogP contribution in [-0.4, -0.2) is 80.3 Å². The van der Waals surface area contributed by atoms with E-state index in [2.05, 4.69) is 0 Å². The Labute approximate surface area is 212 Å². The quantitative estimate of drug-likeness (QED) is 0.119. The third-order valence-corrected chi connectivity index (χ3v) is 7.30. The molecule has 7 N–H and O–H groups in total. The molecule has 1 amide bonds. The van der Waals surface area contributed by atoms with Gasteiger partial charge in [0, 0.05) is 11.5 Å². The van der Waals surface area contributed by atoms with Gasteiger partial charge in [0.1, 0.15) is 22.8 Å². The van der Waals surface area contributed by atoms with E-state index in [1.54, 1.807) is 21.1 Å². The predicted octanol–water partition coefficient (Wildman–Crippen LogP) is -3.22. The molecular formula is C23H27IN2O8. The van der Waals surface area contributed by atoms with E-state index in [0.29, 0.717) is 0 Å². The number of amides is 1. The molecule has 4 rings (SSSR count). The first-order valence-electron chi connectivity index (χ1n) is 10.4. The normalized spacial score (nSPS) is 33.1. The molecule has 0 spiro atoms. The van der Waals surface area contributed by atoms with Gasteiger partial charge in [0.2, 0.25) is 11.6 Å². The molecule has 184 valence electrons. The van der Waals surface area contributed by atoms with Crippen LogP contribution < -0.4 is 29.7 Å². The minimum absolute atomic E-state index is 0. The molecule has 10 nitrogen and oxygen atoms in total. The molecule has 0 heterocycles. The summed E-state index contributed by atoms with van der Waals surface area (Å²) in [7, 11) is 4.89. The maximum Gasteiger partial charge on any atom is 0.256 e. The van der Waals surface area contributed by atoms with Crippen molar-refractivity contribution in [3.8, 4) is 5.75 Å². The number of aliphatic hydroxyl groups is 4. The van der Waals surface area contributed by atoms with Crippen molar-refractivity contribution in [1.82, 2.24) is 0 Å². The van der Waals surface area contributed by atoms with Crippen LogP contribution in [0.1, 0.15) is 24.5 Å². The lowest BCUT2D eigenvalue weighted by molar-refractivity contribution is -0.891. The third kappa shape index (κ3) is 3.13. The van der Waals surface area contributed by atoms with Gasteiger partial charge in [-0.25, -0.2) is 0 Å². The fourth-order valence-corrected chi connectivity index (χ4v) is 5.80. The highest BCUT2D eigenvalue weighted by molar-refractivity contribution is 6.24. The highest BCUT2D eigenvalue weighted by Gasteiger charge is 2.68. The SMILES string of the molecule is CC1(O)c2cccc(O)c2C(O)=C2C(=O)C3(O)C(O)=C(C(N)=O)C(=O)C([N+](C)(C)C)C3CC21.[I-]. The van der Waals surface area contributed by atoms with Gasteiger partial charge in [-0.1, -0.05) is 12.1 Å². The predicted molar refractivity (Wildman–Crippen MR) is 114 cm³/mol. The van der Waals surface area contributed by atoms with Crippen molar-refractivity contribution >= 4 is 23.2 Å². The fraction of sp³-hybridized carbons (Fsp3) is 0.435. The molecule has 1 saturated carbocycles. The number of nitrogens with two attached hydrogens (primary N) is 1. The van der Waals surface area contributed by atoms with Gasteiger partial charge in [-0.15, -0.1) is 0 Å². The number of benzene rings is 1. The first-order valence-corrected chi connectivity index (χ1v) is 10.4. The molecule has 5 unspecified atom stereocenters. The monoisotopic (exact) mass is 586 g/mol. The largest absolute Gasteiger partial charge is 1.00 e. The minimum Gasteiger partial charge on any atom is -1.00 e. The maximum atomic E-state index is 13.8. The molecule has 0 saturated heterocycles. The van der Waals surface area contributed by atoms with Crippen molar-refractivity contribution in [3.05, 3.63) is 46.2 Å². The Kier molecular flexibility index (Phi) is 5.97. The number of hydrogen-bond acceptors (Lipinski definition) is 8. The molecule has 0 bridgehead atoms. The average Bonchev–Trinajstić information content (AvgIpc) is 2.67. The van der Waals surface area contributed by atoms with E-state index in [9.17, 15) is 39.9 Å². The van der Waals surface area contributed by atoms with Crippen LogP contribution in [0.25, 0.3) is 5.76 Å². The Balaban J connectivity index is 0.00000324. The number of quaternary nitrogens is 1. The molecule has 3 aliphatic carbocycles. The molecule has 0 aliphatic heterocycles. The summed E-state index contributed by atoms with van der Waals surface area (Å²) >= 11 is 0. The highest BCUT2D eigenvalue weighted by Crippen LogP contribution is 2.57. The summed E-state index contributed by atoms with van der Waals surface area (Å²) in [5, 5.41) is 55.3. The number of likely N-dealkylation sites (N-methyl/N-ethyl adjacent to an activating group) is 1. The number of aliphatic hydroxyl groups excluding tert-OH is 2. The van der Waals surface area contributed by atoms with Crippen LogP contribution in [0.4, 0.5) is 0 Å². The number of rotatable bonds is 2. The number of fused-ring (bicyclic) bond motifs is 3. The number of aromatic hydroxyl groups is 1. The van der Waals surface area contributed by atoms with Gasteiger partial charge in [-0.05, 0) is 25.0 Å². The Bertz CT molecular complexity index is 1200. The lowest BCUT2D eigenvalue weighted by Gasteiger charge is -2.53. The van der Waals surface area contributed by atoms with Gasteiger partial charge in [0.15, 0.2) is 11.6 Å². The van der Waals surface area contributed by atoms with Crippen molar-refractivity contribution in [1.29, 1.82) is 0 Å². The molecule has 1 fully saturated rings. The average molecular weight is 586 g/mol. The number of phenolic OH excluding ortho intramolecular Hbond substituents is 1. The maximum absolute atomic E-state index is 13.8. The zero-order chi connectivity index (χ0) is 24.8. The zero-order valence-electron chi connectivity index (χ0n) is 19.0. The molecule has 0 aromatic heterocycles. The topological polar surface area (TPSA) is 178 Å². The van der Waals surface area contributed by atoms with Crippen LogP contribution in [0.2, 0.25) is 0 Å². The van der Waals surface area contributed by atoms with E-state index < -0.39 is 75.0 Å². The Morgan fingerprint density at radius 3 is 2.24 bits per heavy atom. The van der Waals surface area contributed by atoms with Gasteiger partial charge >= 0.3 is 0 Å². The molecule has 3 aliphatic rings. The lowest BCUT2D eigenvalue weighted by atomic mass is 9.54. The molecule has 0 radical (unpaired) electrons. The number of nitrogens with zero attached hydrogens (tertiary/aromatic N) is 1. The van der Waals surface area contributed by atoms with E-state index in [0.717, 1.165) is 0 Å². The van der Waals surface area contributed by atoms with Crippen LogP contribution in [-0.2, 0) is 20.0 Å².